The number of hydrogen-bond donors (Lipinski definition) is 1. The second kappa shape index (κ2) is 11.3. The summed E-state index contributed by atoms with van der Waals surface area (Å²) in [4.78, 5) is 33.0. The Hall–Kier alpha value is -4.72. The second-order valence-corrected chi connectivity index (χ2v) is 9.26. The highest BCUT2D eigenvalue weighted by Crippen LogP contribution is 2.30. The lowest BCUT2D eigenvalue weighted by atomic mass is 9.98. The summed E-state index contributed by atoms with van der Waals surface area (Å²) in [5, 5.41) is 3.84. The number of rotatable bonds is 9. The van der Waals surface area contributed by atoms with E-state index >= 15 is 0 Å². The molecule has 0 aliphatic heterocycles. The SMILES string of the molecule is CCCc1nc(CC)c(-c2ccc(OC)cc2)c(=O)n1Cc1ccc(-c2ccccc2-c2noc(=O)[nH]2)cc1. The van der Waals surface area contributed by atoms with Gasteiger partial charge in [0.25, 0.3) is 5.56 Å². The number of aromatic nitrogens is 4. The number of nitrogens with one attached hydrogen (secondary N) is 1. The van der Waals surface area contributed by atoms with E-state index in [9.17, 15) is 9.59 Å². The third-order valence-electron chi connectivity index (χ3n) is 6.74. The zero-order valence-electron chi connectivity index (χ0n) is 22.2. The first kappa shape index (κ1) is 25.9. The van der Waals surface area contributed by atoms with Crippen LogP contribution in [0.4, 0.5) is 0 Å². The van der Waals surface area contributed by atoms with E-state index in [1.165, 1.54) is 0 Å². The summed E-state index contributed by atoms with van der Waals surface area (Å²) in [5.74, 6) is 1.31. The molecule has 0 fully saturated rings. The average Bonchev–Trinajstić information content (AvgIpc) is 3.41. The molecule has 8 heteroatoms. The smallest absolute Gasteiger partial charge is 0.439 e. The van der Waals surface area contributed by atoms with Gasteiger partial charge in [-0.1, -0.05) is 79.7 Å². The Morgan fingerprint density at radius 1 is 0.897 bits per heavy atom. The molecule has 1 N–H and O–H groups in total. The summed E-state index contributed by atoms with van der Waals surface area (Å²) < 4.78 is 11.8. The van der Waals surface area contributed by atoms with Gasteiger partial charge < -0.3 is 4.74 Å². The highest BCUT2D eigenvalue weighted by Gasteiger charge is 2.18. The van der Waals surface area contributed by atoms with Gasteiger partial charge in [0.15, 0.2) is 5.82 Å². The van der Waals surface area contributed by atoms with Gasteiger partial charge in [-0.2, -0.15) is 0 Å². The third kappa shape index (κ3) is 5.31. The minimum absolute atomic E-state index is 0.0418. The zero-order chi connectivity index (χ0) is 27.4. The number of hydrogen-bond acceptors (Lipinski definition) is 6. The van der Waals surface area contributed by atoms with Crippen LogP contribution < -0.4 is 16.1 Å². The first-order valence-corrected chi connectivity index (χ1v) is 13.0. The van der Waals surface area contributed by atoms with Crippen LogP contribution in [0.1, 0.15) is 37.4 Å². The summed E-state index contributed by atoms with van der Waals surface area (Å²) >= 11 is 0. The van der Waals surface area contributed by atoms with Crippen molar-refractivity contribution in [2.24, 2.45) is 0 Å². The summed E-state index contributed by atoms with van der Waals surface area (Å²) in [5.41, 5.74) is 5.85. The van der Waals surface area contributed by atoms with Crippen molar-refractivity contribution in [1.29, 1.82) is 0 Å². The van der Waals surface area contributed by atoms with Gasteiger partial charge in [-0.05, 0) is 47.2 Å². The average molecular weight is 523 g/mol. The summed E-state index contributed by atoms with van der Waals surface area (Å²) in [6, 6.07) is 23.3. The first-order valence-electron chi connectivity index (χ1n) is 13.0. The zero-order valence-corrected chi connectivity index (χ0v) is 22.2. The molecule has 0 aliphatic carbocycles. The van der Waals surface area contributed by atoms with Crippen molar-refractivity contribution in [2.45, 2.75) is 39.7 Å². The molecule has 0 aliphatic rings. The minimum Gasteiger partial charge on any atom is -0.497 e. The highest BCUT2D eigenvalue weighted by molar-refractivity contribution is 5.80. The molecule has 2 heterocycles. The largest absolute Gasteiger partial charge is 0.497 e. The van der Waals surface area contributed by atoms with Gasteiger partial charge in [-0.25, -0.2) is 9.78 Å². The number of methoxy groups -OCH3 is 1. The fourth-order valence-electron chi connectivity index (χ4n) is 4.79. The Morgan fingerprint density at radius 2 is 1.59 bits per heavy atom. The highest BCUT2D eigenvalue weighted by atomic mass is 16.5. The molecule has 5 rings (SSSR count). The normalized spacial score (nSPS) is 11.1. The van der Waals surface area contributed by atoms with Crippen LogP contribution in [0, 0.1) is 0 Å². The van der Waals surface area contributed by atoms with E-state index in [0.29, 0.717) is 30.8 Å². The van der Waals surface area contributed by atoms with Crippen LogP contribution in [-0.4, -0.2) is 26.8 Å². The lowest BCUT2D eigenvalue weighted by molar-refractivity contribution is 0.388. The van der Waals surface area contributed by atoms with Crippen molar-refractivity contribution >= 4 is 0 Å². The van der Waals surface area contributed by atoms with Gasteiger partial charge in [0.2, 0.25) is 0 Å². The number of benzene rings is 3. The number of ether oxygens (including phenoxy) is 1. The molecule has 0 saturated carbocycles. The van der Waals surface area contributed by atoms with Crippen molar-refractivity contribution in [3.8, 4) is 39.4 Å². The second-order valence-electron chi connectivity index (χ2n) is 9.26. The van der Waals surface area contributed by atoms with E-state index in [2.05, 4.69) is 17.1 Å². The van der Waals surface area contributed by atoms with Crippen LogP contribution in [0.2, 0.25) is 0 Å². The molecular weight excluding hydrogens is 492 g/mol. The van der Waals surface area contributed by atoms with Crippen LogP contribution in [0.25, 0.3) is 33.6 Å². The summed E-state index contributed by atoms with van der Waals surface area (Å²) in [7, 11) is 1.62. The molecule has 5 aromatic rings. The fourth-order valence-corrected chi connectivity index (χ4v) is 4.79. The molecule has 0 amide bonds. The van der Waals surface area contributed by atoms with E-state index in [4.69, 9.17) is 14.2 Å². The Morgan fingerprint density at radius 3 is 2.21 bits per heavy atom. The Balaban J connectivity index is 1.52. The van der Waals surface area contributed by atoms with Crippen LogP contribution in [0.15, 0.2) is 86.9 Å². The van der Waals surface area contributed by atoms with E-state index in [1.54, 1.807) is 11.7 Å². The van der Waals surface area contributed by atoms with E-state index in [-0.39, 0.29) is 5.56 Å². The molecule has 198 valence electrons. The van der Waals surface area contributed by atoms with Crippen molar-refractivity contribution in [1.82, 2.24) is 19.7 Å². The molecule has 0 atom stereocenters. The molecule has 0 radical (unpaired) electrons. The minimum atomic E-state index is -0.597. The predicted molar refractivity (Wildman–Crippen MR) is 151 cm³/mol. The number of H-pyrrole nitrogens is 1. The van der Waals surface area contributed by atoms with Crippen molar-refractivity contribution in [2.75, 3.05) is 7.11 Å². The maximum Gasteiger partial charge on any atom is 0.439 e. The maximum absolute atomic E-state index is 13.9. The maximum atomic E-state index is 13.9. The standard InChI is InChI=1S/C31H30N4O4/c1-4-8-27-32-26(5-2)28(22-15-17-23(38-3)18-16-22)30(36)35(27)19-20-11-13-21(14-12-20)24-9-6-7-10-25(24)29-33-31(37)39-34-29/h6-7,9-18H,4-5,8,19H2,1-3H3,(H,33,34,37). The van der Waals surface area contributed by atoms with Gasteiger partial charge in [-0.3, -0.25) is 18.9 Å². The summed E-state index contributed by atoms with van der Waals surface area (Å²) in [6.45, 7) is 4.53. The van der Waals surface area contributed by atoms with Gasteiger partial charge in [0.05, 0.1) is 24.9 Å². The lowest BCUT2D eigenvalue weighted by Gasteiger charge is -2.17. The van der Waals surface area contributed by atoms with Gasteiger partial charge in [-0.15, -0.1) is 0 Å². The molecule has 39 heavy (non-hydrogen) atoms. The van der Waals surface area contributed by atoms with Crippen LogP contribution in [0.3, 0.4) is 0 Å². The van der Waals surface area contributed by atoms with Crippen LogP contribution >= 0.6 is 0 Å². The molecule has 0 spiro atoms. The van der Waals surface area contributed by atoms with E-state index in [1.807, 2.05) is 79.7 Å². The van der Waals surface area contributed by atoms with E-state index < -0.39 is 5.76 Å². The Kier molecular flexibility index (Phi) is 7.54. The molecule has 3 aromatic carbocycles. The van der Waals surface area contributed by atoms with Gasteiger partial charge in [0, 0.05) is 12.0 Å². The molecular formula is C31H30N4O4. The molecule has 8 nitrogen and oxygen atoms in total. The van der Waals surface area contributed by atoms with Crippen molar-refractivity contribution in [3.63, 3.8) is 0 Å². The quantitative estimate of drug-likeness (QED) is 0.275. The fraction of sp³-hybridized carbons (Fsp3) is 0.226. The summed E-state index contributed by atoms with van der Waals surface area (Å²) in [6.07, 6.45) is 2.27. The number of aryl methyl sites for hydroxylation is 2. The van der Waals surface area contributed by atoms with Crippen LogP contribution in [0.5, 0.6) is 5.75 Å². The molecule has 2 aromatic heterocycles. The first-order chi connectivity index (χ1) is 19.0. The molecule has 0 unspecified atom stereocenters. The van der Waals surface area contributed by atoms with Crippen molar-refractivity contribution < 1.29 is 9.26 Å². The van der Waals surface area contributed by atoms with Gasteiger partial charge >= 0.3 is 5.76 Å². The Bertz CT molecular complexity index is 1700. The predicted octanol–water partition coefficient (Wildman–Crippen LogP) is 5.49. The van der Waals surface area contributed by atoms with E-state index in [0.717, 1.165) is 51.5 Å². The van der Waals surface area contributed by atoms with Gasteiger partial charge in [0.1, 0.15) is 11.6 Å². The number of aromatic amines is 1. The van der Waals surface area contributed by atoms with Crippen LogP contribution in [-0.2, 0) is 19.4 Å². The Labute approximate surface area is 225 Å². The number of nitrogens with zero attached hydrogens (tertiary/aromatic N) is 3. The monoisotopic (exact) mass is 522 g/mol. The molecule has 0 saturated heterocycles. The topological polar surface area (TPSA) is 103 Å². The third-order valence-corrected chi connectivity index (χ3v) is 6.74. The van der Waals surface area contributed by atoms with Crippen molar-refractivity contribution in [3.05, 3.63) is 111 Å². The lowest BCUT2D eigenvalue weighted by Crippen LogP contribution is -2.29. The molecule has 0 bridgehead atoms.